The first-order chi connectivity index (χ1) is 6.85. The molecule has 1 aromatic rings. The Hall–Kier alpha value is -0.0500. The van der Waals surface area contributed by atoms with Crippen molar-refractivity contribution in [2.45, 2.75) is 18.6 Å². The number of aromatic nitrogens is 1. The van der Waals surface area contributed by atoms with Gasteiger partial charge in [0.05, 0.1) is 0 Å². The number of pyridine rings is 1. The van der Waals surface area contributed by atoms with E-state index in [-0.39, 0.29) is 9.45 Å². The zero-order valence-electron chi connectivity index (χ0n) is 7.53. The van der Waals surface area contributed by atoms with Gasteiger partial charge in [0.2, 0.25) is 0 Å². The minimum absolute atomic E-state index is 0.201. The van der Waals surface area contributed by atoms with Crippen molar-refractivity contribution in [1.82, 2.24) is 4.98 Å². The van der Waals surface area contributed by atoms with Gasteiger partial charge in [0, 0.05) is 11.5 Å². The fourth-order valence-electron chi connectivity index (χ4n) is 0.960. The lowest BCUT2D eigenvalue weighted by atomic mass is 10.2. The number of rotatable bonds is 2. The summed E-state index contributed by atoms with van der Waals surface area (Å²) in [5, 5.41) is 0.441. The number of nitrogens with zero attached hydrogens (tertiary/aromatic N) is 1. The molecular formula is C8H6BrF3INO. The van der Waals surface area contributed by atoms with Crippen LogP contribution in [-0.2, 0) is 5.33 Å². The van der Waals surface area contributed by atoms with Crippen molar-refractivity contribution >= 4 is 38.5 Å². The molecule has 0 amide bonds. The van der Waals surface area contributed by atoms with Gasteiger partial charge in [-0.2, -0.15) is 0 Å². The maximum absolute atomic E-state index is 12.1. The Labute approximate surface area is 106 Å². The molecule has 0 bridgehead atoms. The first-order valence-electron chi connectivity index (χ1n) is 3.81. The van der Waals surface area contributed by atoms with Gasteiger partial charge in [0.1, 0.15) is 3.70 Å². The molecule has 7 heteroatoms. The summed E-state index contributed by atoms with van der Waals surface area (Å²) in [6.45, 7) is 1.57. The van der Waals surface area contributed by atoms with Gasteiger partial charge in [-0.15, -0.1) is 13.2 Å². The Balaban J connectivity index is 3.15. The second-order valence-electron chi connectivity index (χ2n) is 2.71. The van der Waals surface area contributed by atoms with Crippen LogP contribution >= 0.6 is 38.5 Å². The molecule has 84 valence electrons. The van der Waals surface area contributed by atoms with Crippen molar-refractivity contribution in [3.8, 4) is 5.75 Å². The fourth-order valence-corrected chi connectivity index (χ4v) is 2.18. The highest BCUT2D eigenvalue weighted by molar-refractivity contribution is 14.1. The molecule has 0 aromatic carbocycles. The molecule has 0 saturated heterocycles. The van der Waals surface area contributed by atoms with Crippen LogP contribution in [-0.4, -0.2) is 11.3 Å². The van der Waals surface area contributed by atoms with E-state index in [1.165, 1.54) is 6.20 Å². The van der Waals surface area contributed by atoms with Crippen LogP contribution in [0.1, 0.15) is 11.1 Å². The van der Waals surface area contributed by atoms with E-state index in [1.54, 1.807) is 29.5 Å². The quantitative estimate of drug-likeness (QED) is 0.432. The topological polar surface area (TPSA) is 22.1 Å². The third-order valence-corrected chi connectivity index (χ3v) is 3.08. The van der Waals surface area contributed by atoms with E-state index in [4.69, 9.17) is 0 Å². The molecule has 15 heavy (non-hydrogen) atoms. The second-order valence-corrected chi connectivity index (χ2v) is 4.29. The van der Waals surface area contributed by atoms with Gasteiger partial charge >= 0.3 is 6.36 Å². The molecule has 0 radical (unpaired) electrons. The molecule has 0 aliphatic rings. The Morgan fingerprint density at radius 1 is 1.53 bits per heavy atom. The van der Waals surface area contributed by atoms with Crippen LogP contribution in [0.4, 0.5) is 13.2 Å². The summed E-state index contributed by atoms with van der Waals surface area (Å²) < 4.78 is 40.3. The molecule has 1 rings (SSSR count). The van der Waals surface area contributed by atoms with Gasteiger partial charge in [-0.1, -0.05) is 15.9 Å². The number of hydrogen-bond acceptors (Lipinski definition) is 2. The summed E-state index contributed by atoms with van der Waals surface area (Å²) in [4.78, 5) is 3.83. The van der Waals surface area contributed by atoms with Crippen molar-refractivity contribution < 1.29 is 17.9 Å². The van der Waals surface area contributed by atoms with Crippen LogP contribution in [0.5, 0.6) is 5.75 Å². The maximum Gasteiger partial charge on any atom is 0.573 e. The minimum atomic E-state index is -4.68. The van der Waals surface area contributed by atoms with Gasteiger partial charge < -0.3 is 4.74 Å². The van der Waals surface area contributed by atoms with Crippen LogP contribution in [0, 0.1) is 10.6 Å². The summed E-state index contributed by atoms with van der Waals surface area (Å²) in [5.74, 6) is -0.222. The predicted molar refractivity (Wildman–Crippen MR) is 61.0 cm³/mol. The molecule has 0 aliphatic heterocycles. The number of alkyl halides is 4. The van der Waals surface area contributed by atoms with Crippen molar-refractivity contribution in [3.63, 3.8) is 0 Å². The maximum atomic E-state index is 12.1. The fraction of sp³-hybridized carbons (Fsp3) is 0.375. The minimum Gasteiger partial charge on any atom is -0.403 e. The summed E-state index contributed by atoms with van der Waals surface area (Å²) >= 11 is 4.88. The van der Waals surface area contributed by atoms with Crippen molar-refractivity contribution in [2.24, 2.45) is 0 Å². The standard InChI is InChI=1S/C8H6BrF3INO/c1-4-5(2-9)3-14-7(13)6(4)15-8(10,11)12/h3H,2H2,1H3. The highest BCUT2D eigenvalue weighted by atomic mass is 127. The van der Waals surface area contributed by atoms with Gasteiger partial charge in [-0.05, 0) is 40.6 Å². The number of halogens is 5. The Morgan fingerprint density at radius 2 is 2.13 bits per heavy atom. The molecular weight excluding hydrogens is 390 g/mol. The Kier molecular flexibility index (Phi) is 4.21. The van der Waals surface area contributed by atoms with Crippen molar-refractivity contribution in [1.29, 1.82) is 0 Å². The predicted octanol–water partition coefficient (Wildman–Crippen LogP) is 3.79. The monoisotopic (exact) mass is 395 g/mol. The Morgan fingerprint density at radius 3 is 2.60 bits per heavy atom. The summed E-state index contributed by atoms with van der Waals surface area (Å²) in [6.07, 6.45) is -3.16. The first kappa shape index (κ1) is 13.0. The van der Waals surface area contributed by atoms with E-state index in [1.807, 2.05) is 0 Å². The molecule has 2 nitrogen and oxygen atoms in total. The first-order valence-corrected chi connectivity index (χ1v) is 6.01. The summed E-state index contributed by atoms with van der Waals surface area (Å²) in [5.41, 5.74) is 1.12. The van der Waals surface area contributed by atoms with E-state index in [0.29, 0.717) is 16.5 Å². The third kappa shape index (κ3) is 3.47. The van der Waals surface area contributed by atoms with Crippen LogP contribution in [0.25, 0.3) is 0 Å². The van der Waals surface area contributed by atoms with E-state index in [2.05, 4.69) is 25.7 Å². The van der Waals surface area contributed by atoms with Crippen LogP contribution < -0.4 is 4.74 Å². The van der Waals surface area contributed by atoms with Crippen LogP contribution in [0.3, 0.4) is 0 Å². The van der Waals surface area contributed by atoms with Crippen LogP contribution in [0.15, 0.2) is 6.20 Å². The van der Waals surface area contributed by atoms with E-state index in [9.17, 15) is 13.2 Å². The molecule has 1 heterocycles. The number of hydrogen-bond donors (Lipinski definition) is 0. The average Bonchev–Trinajstić information content (AvgIpc) is 2.11. The van der Waals surface area contributed by atoms with E-state index in [0.717, 1.165) is 0 Å². The molecule has 0 fully saturated rings. The van der Waals surface area contributed by atoms with Gasteiger partial charge in [0.15, 0.2) is 5.75 Å². The zero-order valence-corrected chi connectivity index (χ0v) is 11.3. The molecule has 0 N–H and O–H groups in total. The average molecular weight is 396 g/mol. The normalized spacial score (nSPS) is 11.6. The smallest absolute Gasteiger partial charge is 0.403 e. The van der Waals surface area contributed by atoms with Gasteiger partial charge in [0.25, 0.3) is 0 Å². The lowest BCUT2D eigenvalue weighted by Gasteiger charge is -2.14. The molecule has 0 atom stereocenters. The summed E-state index contributed by atoms with van der Waals surface area (Å²) in [6, 6.07) is 0. The molecule has 0 unspecified atom stereocenters. The van der Waals surface area contributed by atoms with Gasteiger partial charge in [-0.25, -0.2) is 4.98 Å². The Bertz CT molecular complexity index is 370. The SMILES string of the molecule is Cc1c(CBr)cnc(I)c1OC(F)(F)F. The number of ether oxygens (including phenoxy) is 1. The van der Waals surface area contributed by atoms with E-state index >= 15 is 0 Å². The lowest BCUT2D eigenvalue weighted by molar-refractivity contribution is -0.275. The third-order valence-electron chi connectivity index (χ3n) is 1.71. The zero-order chi connectivity index (χ0) is 11.6. The van der Waals surface area contributed by atoms with Crippen molar-refractivity contribution in [3.05, 3.63) is 21.0 Å². The highest BCUT2D eigenvalue weighted by Crippen LogP contribution is 2.31. The van der Waals surface area contributed by atoms with Gasteiger partial charge in [-0.3, -0.25) is 0 Å². The molecule has 0 spiro atoms. The van der Waals surface area contributed by atoms with Crippen LogP contribution in [0.2, 0.25) is 0 Å². The van der Waals surface area contributed by atoms with E-state index < -0.39 is 6.36 Å². The molecule has 0 aliphatic carbocycles. The van der Waals surface area contributed by atoms with Crippen molar-refractivity contribution in [2.75, 3.05) is 0 Å². The lowest BCUT2D eigenvalue weighted by Crippen LogP contribution is -2.19. The second kappa shape index (κ2) is 4.86. The summed E-state index contributed by atoms with van der Waals surface area (Å²) in [7, 11) is 0. The largest absolute Gasteiger partial charge is 0.573 e. The molecule has 1 aromatic heterocycles. The molecule has 0 saturated carbocycles. The highest BCUT2D eigenvalue weighted by Gasteiger charge is 2.33.